The van der Waals surface area contributed by atoms with Crippen molar-refractivity contribution in [3.63, 3.8) is 0 Å². The molecule has 0 radical (unpaired) electrons. The fourth-order valence-corrected chi connectivity index (χ4v) is 1.88. The number of hydrogen-bond acceptors (Lipinski definition) is 2. The van der Waals surface area contributed by atoms with Crippen molar-refractivity contribution in [3.05, 3.63) is 35.4 Å². The topological polar surface area (TPSA) is 21.3 Å². The van der Waals surface area contributed by atoms with E-state index in [1.165, 1.54) is 17.5 Å². The molecule has 1 aliphatic rings. The summed E-state index contributed by atoms with van der Waals surface area (Å²) in [7, 11) is 0. The first-order valence-electron chi connectivity index (χ1n) is 5.68. The van der Waals surface area contributed by atoms with Crippen molar-refractivity contribution >= 4 is 0 Å². The molecule has 0 amide bonds. The second-order valence-electron chi connectivity index (χ2n) is 4.36. The normalized spacial score (nSPS) is 20.7. The molecule has 1 saturated heterocycles. The zero-order valence-corrected chi connectivity index (χ0v) is 9.33. The van der Waals surface area contributed by atoms with Crippen LogP contribution in [0.3, 0.4) is 0 Å². The Morgan fingerprint density at radius 1 is 1.33 bits per heavy atom. The molecule has 2 heteroatoms. The summed E-state index contributed by atoms with van der Waals surface area (Å²) < 4.78 is 5.70. The van der Waals surface area contributed by atoms with E-state index in [2.05, 4.69) is 36.5 Å². The van der Waals surface area contributed by atoms with E-state index in [-0.39, 0.29) is 0 Å². The third-order valence-electron chi connectivity index (χ3n) is 2.91. The van der Waals surface area contributed by atoms with Crippen molar-refractivity contribution in [2.75, 3.05) is 19.7 Å². The number of aryl methyl sites for hydroxylation is 1. The molecule has 82 valence electrons. The molecule has 1 atom stereocenters. The minimum absolute atomic E-state index is 0.718. The molecule has 15 heavy (non-hydrogen) atoms. The van der Waals surface area contributed by atoms with E-state index in [0.29, 0.717) is 0 Å². The quantitative estimate of drug-likeness (QED) is 0.813. The van der Waals surface area contributed by atoms with Gasteiger partial charge in [-0.15, -0.1) is 0 Å². The molecule has 1 N–H and O–H groups in total. The summed E-state index contributed by atoms with van der Waals surface area (Å²) >= 11 is 0. The van der Waals surface area contributed by atoms with Crippen LogP contribution in [-0.2, 0) is 11.3 Å². The average Bonchev–Trinajstić information content (AvgIpc) is 2.74. The van der Waals surface area contributed by atoms with Gasteiger partial charge in [0.2, 0.25) is 0 Å². The summed E-state index contributed by atoms with van der Waals surface area (Å²) in [6.07, 6.45) is 1.26. The van der Waals surface area contributed by atoms with E-state index < -0.39 is 0 Å². The van der Waals surface area contributed by atoms with Gasteiger partial charge >= 0.3 is 0 Å². The molecule has 2 rings (SSSR count). The van der Waals surface area contributed by atoms with E-state index in [1.54, 1.807) is 0 Å². The van der Waals surface area contributed by atoms with Crippen molar-refractivity contribution in [2.24, 2.45) is 5.92 Å². The first-order valence-corrected chi connectivity index (χ1v) is 5.68. The number of rotatable bonds is 4. The van der Waals surface area contributed by atoms with Crippen LogP contribution < -0.4 is 5.32 Å². The van der Waals surface area contributed by atoms with Gasteiger partial charge in [-0.25, -0.2) is 0 Å². The van der Waals surface area contributed by atoms with E-state index in [0.717, 1.165) is 32.2 Å². The predicted molar refractivity (Wildman–Crippen MR) is 61.8 cm³/mol. The molecule has 0 bridgehead atoms. The Balaban J connectivity index is 1.71. The van der Waals surface area contributed by atoms with Crippen molar-refractivity contribution < 1.29 is 4.74 Å². The van der Waals surface area contributed by atoms with Crippen LogP contribution in [0.4, 0.5) is 0 Å². The molecule has 0 aromatic heterocycles. The molecular weight excluding hydrogens is 186 g/mol. The SMILES string of the molecule is Cc1ccc(COCC2CCNC2)cc1. The van der Waals surface area contributed by atoms with Gasteiger partial charge in [0.25, 0.3) is 0 Å². The minimum Gasteiger partial charge on any atom is -0.376 e. The van der Waals surface area contributed by atoms with Crippen LogP contribution in [-0.4, -0.2) is 19.7 Å². The zero-order valence-electron chi connectivity index (χ0n) is 9.33. The van der Waals surface area contributed by atoms with Gasteiger partial charge in [0.1, 0.15) is 0 Å². The molecular formula is C13H19NO. The van der Waals surface area contributed by atoms with E-state index in [1.807, 2.05) is 0 Å². The van der Waals surface area contributed by atoms with Gasteiger partial charge in [0.05, 0.1) is 13.2 Å². The van der Waals surface area contributed by atoms with Crippen molar-refractivity contribution in [1.29, 1.82) is 0 Å². The van der Waals surface area contributed by atoms with Gasteiger partial charge in [-0.3, -0.25) is 0 Å². The number of nitrogens with one attached hydrogen (secondary N) is 1. The number of hydrogen-bond donors (Lipinski definition) is 1. The van der Waals surface area contributed by atoms with E-state index >= 15 is 0 Å². The molecule has 1 aliphatic heterocycles. The van der Waals surface area contributed by atoms with Gasteiger partial charge in [-0.1, -0.05) is 29.8 Å². The Morgan fingerprint density at radius 3 is 2.80 bits per heavy atom. The summed E-state index contributed by atoms with van der Waals surface area (Å²) in [5.41, 5.74) is 2.57. The fourth-order valence-electron chi connectivity index (χ4n) is 1.88. The monoisotopic (exact) mass is 205 g/mol. The molecule has 1 aromatic rings. The molecule has 0 saturated carbocycles. The van der Waals surface area contributed by atoms with Gasteiger partial charge in [0, 0.05) is 6.54 Å². The molecule has 0 aliphatic carbocycles. The smallest absolute Gasteiger partial charge is 0.0717 e. The Bertz CT molecular complexity index is 288. The fraction of sp³-hybridized carbons (Fsp3) is 0.538. The summed E-state index contributed by atoms with van der Waals surface area (Å²) in [5, 5.41) is 3.35. The van der Waals surface area contributed by atoms with Crippen molar-refractivity contribution in [2.45, 2.75) is 20.0 Å². The Hall–Kier alpha value is -0.860. The summed E-state index contributed by atoms with van der Waals surface area (Å²) in [6, 6.07) is 8.55. The lowest BCUT2D eigenvalue weighted by Gasteiger charge is -2.09. The number of benzene rings is 1. The lowest BCUT2D eigenvalue weighted by Crippen LogP contribution is -2.13. The summed E-state index contributed by atoms with van der Waals surface area (Å²) in [4.78, 5) is 0. The number of ether oxygens (including phenoxy) is 1. The third-order valence-corrected chi connectivity index (χ3v) is 2.91. The zero-order chi connectivity index (χ0) is 10.5. The Morgan fingerprint density at radius 2 is 2.13 bits per heavy atom. The van der Waals surface area contributed by atoms with Crippen molar-refractivity contribution in [3.8, 4) is 0 Å². The molecule has 1 unspecified atom stereocenters. The second kappa shape index (κ2) is 5.29. The van der Waals surface area contributed by atoms with Crippen LogP contribution in [0.1, 0.15) is 17.5 Å². The maximum absolute atomic E-state index is 5.70. The highest BCUT2D eigenvalue weighted by Gasteiger charge is 2.13. The Kier molecular flexibility index (Phi) is 3.75. The van der Waals surface area contributed by atoms with Crippen LogP contribution in [0.2, 0.25) is 0 Å². The highest BCUT2D eigenvalue weighted by Crippen LogP contribution is 2.10. The largest absolute Gasteiger partial charge is 0.376 e. The third kappa shape index (κ3) is 3.33. The summed E-state index contributed by atoms with van der Waals surface area (Å²) in [6.45, 7) is 6.01. The van der Waals surface area contributed by atoms with Gasteiger partial charge in [-0.05, 0) is 31.4 Å². The maximum atomic E-state index is 5.70. The lowest BCUT2D eigenvalue weighted by atomic mass is 10.1. The first kappa shape index (κ1) is 10.7. The molecule has 1 aromatic carbocycles. The molecule has 2 nitrogen and oxygen atoms in total. The van der Waals surface area contributed by atoms with Gasteiger partial charge in [-0.2, -0.15) is 0 Å². The highest BCUT2D eigenvalue weighted by atomic mass is 16.5. The predicted octanol–water partition coefficient (Wildman–Crippen LogP) is 2.12. The molecule has 1 heterocycles. The average molecular weight is 205 g/mol. The Labute approximate surface area is 91.6 Å². The first-order chi connectivity index (χ1) is 7.34. The van der Waals surface area contributed by atoms with Crippen LogP contribution in [0.15, 0.2) is 24.3 Å². The van der Waals surface area contributed by atoms with E-state index in [4.69, 9.17) is 4.74 Å². The van der Waals surface area contributed by atoms with Crippen molar-refractivity contribution in [1.82, 2.24) is 5.32 Å². The van der Waals surface area contributed by atoms with E-state index in [9.17, 15) is 0 Å². The maximum Gasteiger partial charge on any atom is 0.0717 e. The minimum atomic E-state index is 0.718. The van der Waals surface area contributed by atoms with Crippen LogP contribution in [0.25, 0.3) is 0 Å². The standard InChI is InChI=1S/C13H19NO/c1-11-2-4-12(5-3-11)9-15-10-13-6-7-14-8-13/h2-5,13-14H,6-10H2,1H3. The lowest BCUT2D eigenvalue weighted by molar-refractivity contribution is 0.0925. The summed E-state index contributed by atoms with van der Waals surface area (Å²) in [5.74, 6) is 0.718. The van der Waals surface area contributed by atoms with Gasteiger partial charge < -0.3 is 10.1 Å². The van der Waals surface area contributed by atoms with Crippen LogP contribution >= 0.6 is 0 Å². The van der Waals surface area contributed by atoms with Crippen LogP contribution in [0, 0.1) is 12.8 Å². The molecule has 1 fully saturated rings. The van der Waals surface area contributed by atoms with Crippen LogP contribution in [0.5, 0.6) is 0 Å². The highest BCUT2D eigenvalue weighted by molar-refractivity contribution is 5.20. The molecule has 0 spiro atoms. The van der Waals surface area contributed by atoms with Gasteiger partial charge in [0.15, 0.2) is 0 Å². The second-order valence-corrected chi connectivity index (χ2v) is 4.36.